The summed E-state index contributed by atoms with van der Waals surface area (Å²) in [5.41, 5.74) is 0.628. The zero-order valence-electron chi connectivity index (χ0n) is 13.9. The summed E-state index contributed by atoms with van der Waals surface area (Å²) in [6.45, 7) is 3.91. The van der Waals surface area contributed by atoms with Crippen LogP contribution in [0.1, 0.15) is 69.2 Å². The molecule has 1 aromatic heterocycles. The van der Waals surface area contributed by atoms with Crippen LogP contribution >= 0.6 is 0 Å². The normalized spacial score (nSPS) is 28.4. The van der Waals surface area contributed by atoms with Crippen molar-refractivity contribution in [3.8, 4) is 0 Å². The van der Waals surface area contributed by atoms with Crippen molar-refractivity contribution in [2.75, 3.05) is 19.7 Å². The number of hydrogen-bond donors (Lipinski definition) is 2. The fourth-order valence-corrected chi connectivity index (χ4v) is 4.37. The first-order chi connectivity index (χ1) is 11.3. The molecule has 3 heterocycles. The van der Waals surface area contributed by atoms with Crippen molar-refractivity contribution in [2.45, 2.75) is 70.1 Å². The van der Waals surface area contributed by atoms with Crippen molar-refractivity contribution >= 4 is 0 Å². The molecular formula is C17H28N4O2. The summed E-state index contributed by atoms with van der Waals surface area (Å²) in [6.07, 6.45) is 10.1. The highest BCUT2D eigenvalue weighted by Gasteiger charge is 2.36. The van der Waals surface area contributed by atoms with Crippen molar-refractivity contribution in [3.05, 3.63) is 11.7 Å². The molecule has 0 amide bonds. The van der Waals surface area contributed by atoms with Crippen LogP contribution < -0.4 is 10.6 Å². The molecule has 1 unspecified atom stereocenters. The van der Waals surface area contributed by atoms with Gasteiger partial charge in [0.25, 0.3) is 5.89 Å². The van der Waals surface area contributed by atoms with Crippen LogP contribution in [0.2, 0.25) is 0 Å². The van der Waals surface area contributed by atoms with E-state index in [1.165, 1.54) is 51.6 Å². The van der Waals surface area contributed by atoms with Gasteiger partial charge in [0.2, 0.25) is 0 Å². The minimum atomic E-state index is 0.0192. The molecule has 2 aliphatic heterocycles. The lowest BCUT2D eigenvalue weighted by Crippen LogP contribution is -2.43. The second-order valence-corrected chi connectivity index (χ2v) is 7.46. The average Bonchev–Trinajstić information content (AvgIpc) is 3.27. The first-order valence-electron chi connectivity index (χ1n) is 9.21. The Morgan fingerprint density at radius 2 is 1.96 bits per heavy atom. The van der Waals surface area contributed by atoms with Gasteiger partial charge in [-0.1, -0.05) is 5.16 Å². The molecule has 4 rings (SSSR count). The van der Waals surface area contributed by atoms with Crippen molar-refractivity contribution < 1.29 is 9.26 Å². The summed E-state index contributed by atoms with van der Waals surface area (Å²) in [5.74, 6) is 1.41. The summed E-state index contributed by atoms with van der Waals surface area (Å²) in [6, 6.07) is 0.597. The van der Waals surface area contributed by atoms with Crippen LogP contribution in [0.3, 0.4) is 0 Å². The molecule has 2 saturated heterocycles. The molecule has 0 bridgehead atoms. The van der Waals surface area contributed by atoms with E-state index >= 15 is 0 Å². The standard InChI is InChI=1S/C17H28N4O2/c1-2-14(22-11-1)16-20-15(21-23-16)12-19-13-3-5-17(6-4-13)7-9-18-10-8-17/h13-14,18-19H,1-12H2. The van der Waals surface area contributed by atoms with Crippen LogP contribution in [0.15, 0.2) is 4.52 Å². The summed E-state index contributed by atoms with van der Waals surface area (Å²) >= 11 is 0. The van der Waals surface area contributed by atoms with Gasteiger partial charge in [0.1, 0.15) is 6.10 Å². The zero-order valence-corrected chi connectivity index (χ0v) is 13.9. The molecule has 0 aromatic carbocycles. The Morgan fingerprint density at radius 3 is 2.70 bits per heavy atom. The van der Waals surface area contributed by atoms with E-state index in [0.717, 1.165) is 25.3 Å². The number of rotatable bonds is 4. The first-order valence-corrected chi connectivity index (χ1v) is 9.21. The maximum absolute atomic E-state index is 5.59. The Hall–Kier alpha value is -0.980. The number of piperidine rings is 1. The van der Waals surface area contributed by atoms with Gasteiger partial charge in [-0.25, -0.2) is 0 Å². The Labute approximate surface area is 137 Å². The van der Waals surface area contributed by atoms with E-state index in [1.54, 1.807) is 0 Å². The van der Waals surface area contributed by atoms with Gasteiger partial charge in [0.15, 0.2) is 5.82 Å². The van der Waals surface area contributed by atoms with Crippen molar-refractivity contribution in [3.63, 3.8) is 0 Å². The maximum atomic E-state index is 5.59. The van der Waals surface area contributed by atoms with E-state index in [0.29, 0.717) is 23.9 Å². The quantitative estimate of drug-likeness (QED) is 0.887. The third-order valence-corrected chi connectivity index (χ3v) is 5.95. The third-order valence-electron chi connectivity index (χ3n) is 5.95. The van der Waals surface area contributed by atoms with Crippen LogP contribution in [0.5, 0.6) is 0 Å². The minimum absolute atomic E-state index is 0.0192. The Bertz CT molecular complexity index is 496. The molecule has 1 saturated carbocycles. The van der Waals surface area contributed by atoms with Crippen molar-refractivity contribution in [2.24, 2.45) is 5.41 Å². The lowest BCUT2D eigenvalue weighted by molar-refractivity contribution is 0.0835. The van der Waals surface area contributed by atoms with Crippen LogP contribution in [-0.2, 0) is 11.3 Å². The van der Waals surface area contributed by atoms with Crippen molar-refractivity contribution in [1.29, 1.82) is 0 Å². The van der Waals surface area contributed by atoms with Gasteiger partial charge in [0, 0.05) is 12.6 Å². The lowest BCUT2D eigenvalue weighted by Gasteiger charge is -2.43. The predicted octanol–water partition coefficient (Wildman–Crippen LogP) is 2.32. The van der Waals surface area contributed by atoms with Gasteiger partial charge in [-0.15, -0.1) is 0 Å². The largest absolute Gasteiger partial charge is 0.368 e. The maximum Gasteiger partial charge on any atom is 0.255 e. The van der Waals surface area contributed by atoms with Gasteiger partial charge in [0.05, 0.1) is 6.54 Å². The smallest absolute Gasteiger partial charge is 0.255 e. The molecule has 3 fully saturated rings. The van der Waals surface area contributed by atoms with Crippen LogP contribution in [0.25, 0.3) is 0 Å². The average molecular weight is 320 g/mol. The second kappa shape index (κ2) is 6.87. The third kappa shape index (κ3) is 3.59. The SMILES string of the molecule is C1COC(c2nc(CNC3CCC4(CCNCC4)CC3)no2)C1. The highest BCUT2D eigenvalue weighted by atomic mass is 16.5. The van der Waals surface area contributed by atoms with Gasteiger partial charge in [-0.05, 0) is 69.9 Å². The number of hydrogen-bond acceptors (Lipinski definition) is 6. The molecule has 3 aliphatic rings. The van der Waals surface area contributed by atoms with Gasteiger partial charge in [-0.3, -0.25) is 0 Å². The topological polar surface area (TPSA) is 72.2 Å². The summed E-state index contributed by atoms with van der Waals surface area (Å²) in [7, 11) is 0. The molecule has 6 heteroatoms. The number of nitrogens with zero attached hydrogens (tertiary/aromatic N) is 2. The van der Waals surface area contributed by atoms with Crippen LogP contribution in [0, 0.1) is 5.41 Å². The molecule has 128 valence electrons. The van der Waals surface area contributed by atoms with Gasteiger partial charge >= 0.3 is 0 Å². The zero-order chi connectivity index (χ0) is 15.5. The van der Waals surface area contributed by atoms with E-state index in [2.05, 4.69) is 20.8 Å². The minimum Gasteiger partial charge on any atom is -0.368 e. The highest BCUT2D eigenvalue weighted by Crippen LogP contribution is 2.43. The predicted molar refractivity (Wildman–Crippen MR) is 85.9 cm³/mol. The molecule has 1 aliphatic carbocycles. The van der Waals surface area contributed by atoms with E-state index in [-0.39, 0.29) is 6.10 Å². The fraction of sp³-hybridized carbons (Fsp3) is 0.882. The molecule has 1 atom stereocenters. The molecule has 6 nitrogen and oxygen atoms in total. The van der Waals surface area contributed by atoms with E-state index in [1.807, 2.05) is 0 Å². The Kier molecular flexibility index (Phi) is 4.64. The molecule has 2 N–H and O–H groups in total. The number of ether oxygens (including phenoxy) is 1. The monoisotopic (exact) mass is 320 g/mol. The molecule has 0 radical (unpaired) electrons. The van der Waals surface area contributed by atoms with Gasteiger partial charge < -0.3 is 19.9 Å². The van der Waals surface area contributed by atoms with E-state index < -0.39 is 0 Å². The molecule has 1 spiro atoms. The first kappa shape index (κ1) is 15.5. The van der Waals surface area contributed by atoms with Gasteiger partial charge in [-0.2, -0.15) is 4.98 Å². The lowest BCUT2D eigenvalue weighted by atomic mass is 9.67. The summed E-state index contributed by atoms with van der Waals surface area (Å²) in [4.78, 5) is 4.49. The summed E-state index contributed by atoms with van der Waals surface area (Å²) < 4.78 is 10.9. The summed E-state index contributed by atoms with van der Waals surface area (Å²) in [5, 5.41) is 11.2. The number of aromatic nitrogens is 2. The molecular weight excluding hydrogens is 292 g/mol. The number of nitrogens with one attached hydrogen (secondary N) is 2. The fourth-order valence-electron chi connectivity index (χ4n) is 4.37. The van der Waals surface area contributed by atoms with Crippen LogP contribution in [-0.4, -0.2) is 35.9 Å². The molecule has 23 heavy (non-hydrogen) atoms. The Balaban J connectivity index is 1.24. The van der Waals surface area contributed by atoms with E-state index in [9.17, 15) is 0 Å². The Morgan fingerprint density at radius 1 is 1.13 bits per heavy atom. The van der Waals surface area contributed by atoms with Crippen LogP contribution in [0.4, 0.5) is 0 Å². The second-order valence-electron chi connectivity index (χ2n) is 7.46. The van der Waals surface area contributed by atoms with E-state index in [4.69, 9.17) is 9.26 Å². The molecule has 1 aromatic rings. The highest BCUT2D eigenvalue weighted by molar-refractivity contribution is 4.94. The van der Waals surface area contributed by atoms with Crippen molar-refractivity contribution in [1.82, 2.24) is 20.8 Å².